The molecular formula is C12H8BrClN2O. The van der Waals surface area contributed by atoms with E-state index in [1.54, 1.807) is 42.7 Å². The summed E-state index contributed by atoms with van der Waals surface area (Å²) in [5.41, 5.74) is 1.12. The highest BCUT2D eigenvalue weighted by Gasteiger charge is 2.10. The molecule has 1 amide bonds. The van der Waals surface area contributed by atoms with Crippen LogP contribution in [0.1, 0.15) is 10.4 Å². The van der Waals surface area contributed by atoms with Crippen molar-refractivity contribution in [1.82, 2.24) is 4.98 Å². The number of nitrogens with zero attached hydrogens (tertiary/aromatic N) is 1. The Hall–Kier alpha value is -1.39. The molecule has 1 heterocycles. The summed E-state index contributed by atoms with van der Waals surface area (Å²) in [4.78, 5) is 15.8. The molecule has 0 unspecified atom stereocenters. The molecule has 2 rings (SSSR count). The maximum absolute atomic E-state index is 11.9. The van der Waals surface area contributed by atoms with Crippen molar-refractivity contribution in [3.05, 3.63) is 57.8 Å². The number of rotatable bonds is 2. The van der Waals surface area contributed by atoms with Crippen molar-refractivity contribution in [3.8, 4) is 0 Å². The van der Waals surface area contributed by atoms with Gasteiger partial charge < -0.3 is 5.32 Å². The van der Waals surface area contributed by atoms with Gasteiger partial charge in [-0.1, -0.05) is 27.5 Å². The number of anilines is 1. The molecule has 17 heavy (non-hydrogen) atoms. The SMILES string of the molecule is O=C(Nc1ccncc1)c1ccc(Br)cc1Cl. The molecule has 0 spiro atoms. The first-order chi connectivity index (χ1) is 8.16. The summed E-state index contributed by atoms with van der Waals surface area (Å²) in [5.74, 6) is -0.242. The first-order valence-electron chi connectivity index (χ1n) is 4.83. The van der Waals surface area contributed by atoms with E-state index in [9.17, 15) is 4.79 Å². The number of hydrogen-bond donors (Lipinski definition) is 1. The molecule has 0 bridgehead atoms. The Labute approximate surface area is 112 Å². The second kappa shape index (κ2) is 5.29. The number of amides is 1. The van der Waals surface area contributed by atoms with Crippen molar-refractivity contribution in [2.75, 3.05) is 5.32 Å². The van der Waals surface area contributed by atoms with Crippen LogP contribution in [-0.2, 0) is 0 Å². The third kappa shape index (κ3) is 3.05. The van der Waals surface area contributed by atoms with Crippen LogP contribution in [-0.4, -0.2) is 10.9 Å². The van der Waals surface area contributed by atoms with Gasteiger partial charge in [0.1, 0.15) is 0 Å². The van der Waals surface area contributed by atoms with E-state index in [0.717, 1.165) is 4.47 Å². The molecule has 0 atom stereocenters. The van der Waals surface area contributed by atoms with Gasteiger partial charge in [-0.15, -0.1) is 0 Å². The molecule has 0 saturated carbocycles. The van der Waals surface area contributed by atoms with Crippen molar-refractivity contribution in [1.29, 1.82) is 0 Å². The number of aromatic nitrogens is 1. The highest BCUT2D eigenvalue weighted by atomic mass is 79.9. The van der Waals surface area contributed by atoms with Crippen molar-refractivity contribution >= 4 is 39.1 Å². The molecule has 1 aromatic carbocycles. The number of nitrogens with one attached hydrogen (secondary N) is 1. The maximum Gasteiger partial charge on any atom is 0.257 e. The summed E-state index contributed by atoms with van der Waals surface area (Å²) in [6.45, 7) is 0. The molecule has 1 aromatic heterocycles. The topological polar surface area (TPSA) is 42.0 Å². The van der Waals surface area contributed by atoms with E-state index in [4.69, 9.17) is 11.6 Å². The summed E-state index contributed by atoms with van der Waals surface area (Å²) >= 11 is 9.28. The number of halogens is 2. The number of carbonyl (C=O) groups excluding carboxylic acids is 1. The summed E-state index contributed by atoms with van der Waals surface area (Å²) in [5, 5.41) is 3.15. The van der Waals surface area contributed by atoms with Gasteiger partial charge in [0, 0.05) is 22.6 Å². The Bertz CT molecular complexity index is 545. The second-order valence-corrected chi connectivity index (χ2v) is 4.64. The maximum atomic E-state index is 11.9. The lowest BCUT2D eigenvalue weighted by Crippen LogP contribution is -2.12. The van der Waals surface area contributed by atoms with Crippen LogP contribution in [0.4, 0.5) is 5.69 Å². The van der Waals surface area contributed by atoms with Gasteiger partial charge in [-0.25, -0.2) is 0 Å². The minimum atomic E-state index is -0.242. The summed E-state index contributed by atoms with van der Waals surface area (Å²) in [7, 11) is 0. The van der Waals surface area contributed by atoms with Crippen LogP contribution in [0.15, 0.2) is 47.2 Å². The quantitative estimate of drug-likeness (QED) is 0.918. The van der Waals surface area contributed by atoms with Crippen LogP contribution in [0, 0.1) is 0 Å². The molecule has 3 nitrogen and oxygen atoms in total. The van der Waals surface area contributed by atoms with Crippen molar-refractivity contribution in [2.45, 2.75) is 0 Å². The molecule has 0 radical (unpaired) electrons. The average Bonchev–Trinajstić information content (AvgIpc) is 2.30. The number of pyridine rings is 1. The molecule has 0 aliphatic heterocycles. The van der Waals surface area contributed by atoms with E-state index in [2.05, 4.69) is 26.2 Å². The van der Waals surface area contributed by atoms with Crippen LogP contribution in [0.2, 0.25) is 5.02 Å². The molecule has 86 valence electrons. The molecule has 1 N–H and O–H groups in total. The third-order valence-corrected chi connectivity index (χ3v) is 2.92. The third-order valence-electron chi connectivity index (χ3n) is 2.11. The van der Waals surface area contributed by atoms with Gasteiger partial charge in [0.15, 0.2) is 0 Å². The highest BCUT2D eigenvalue weighted by molar-refractivity contribution is 9.10. The van der Waals surface area contributed by atoms with E-state index in [0.29, 0.717) is 16.3 Å². The predicted molar refractivity (Wildman–Crippen MR) is 71.3 cm³/mol. The van der Waals surface area contributed by atoms with Gasteiger partial charge in [-0.05, 0) is 30.3 Å². The van der Waals surface area contributed by atoms with E-state index < -0.39 is 0 Å². The Morgan fingerprint density at radius 3 is 2.59 bits per heavy atom. The lowest BCUT2D eigenvalue weighted by molar-refractivity contribution is 0.102. The van der Waals surface area contributed by atoms with Crippen LogP contribution in [0.3, 0.4) is 0 Å². The zero-order chi connectivity index (χ0) is 12.3. The van der Waals surface area contributed by atoms with E-state index in [-0.39, 0.29) is 5.91 Å². The van der Waals surface area contributed by atoms with Gasteiger partial charge in [0.05, 0.1) is 10.6 Å². The Morgan fingerprint density at radius 2 is 1.94 bits per heavy atom. The smallest absolute Gasteiger partial charge is 0.257 e. The van der Waals surface area contributed by atoms with Crippen LogP contribution >= 0.6 is 27.5 Å². The minimum absolute atomic E-state index is 0.242. The lowest BCUT2D eigenvalue weighted by atomic mass is 10.2. The molecule has 0 fully saturated rings. The Morgan fingerprint density at radius 1 is 1.24 bits per heavy atom. The lowest BCUT2D eigenvalue weighted by Gasteiger charge is -2.06. The largest absolute Gasteiger partial charge is 0.322 e. The van der Waals surface area contributed by atoms with Crippen LogP contribution < -0.4 is 5.32 Å². The highest BCUT2D eigenvalue weighted by Crippen LogP contribution is 2.22. The number of hydrogen-bond acceptors (Lipinski definition) is 2. The van der Waals surface area contributed by atoms with Crippen LogP contribution in [0.25, 0.3) is 0 Å². The monoisotopic (exact) mass is 310 g/mol. The van der Waals surface area contributed by atoms with Gasteiger partial charge in [0.25, 0.3) is 5.91 Å². The molecular weight excluding hydrogens is 304 g/mol. The standard InChI is InChI=1S/C12H8BrClN2O/c13-8-1-2-10(11(14)7-8)12(17)16-9-3-5-15-6-4-9/h1-7H,(H,15,16,17). The van der Waals surface area contributed by atoms with E-state index in [1.165, 1.54) is 0 Å². The number of carbonyl (C=O) groups is 1. The predicted octanol–water partition coefficient (Wildman–Crippen LogP) is 3.75. The van der Waals surface area contributed by atoms with Crippen LogP contribution in [0.5, 0.6) is 0 Å². The normalized spacial score (nSPS) is 10.0. The van der Waals surface area contributed by atoms with Gasteiger partial charge in [-0.3, -0.25) is 9.78 Å². The Balaban J connectivity index is 2.21. The molecule has 0 saturated heterocycles. The molecule has 2 aromatic rings. The van der Waals surface area contributed by atoms with Crippen molar-refractivity contribution < 1.29 is 4.79 Å². The zero-order valence-corrected chi connectivity index (χ0v) is 11.0. The van der Waals surface area contributed by atoms with Gasteiger partial charge >= 0.3 is 0 Å². The van der Waals surface area contributed by atoms with Gasteiger partial charge in [-0.2, -0.15) is 0 Å². The fourth-order valence-electron chi connectivity index (χ4n) is 1.31. The van der Waals surface area contributed by atoms with Gasteiger partial charge in [0.2, 0.25) is 0 Å². The second-order valence-electron chi connectivity index (χ2n) is 3.31. The van der Waals surface area contributed by atoms with Crippen molar-refractivity contribution in [2.24, 2.45) is 0 Å². The summed E-state index contributed by atoms with van der Waals surface area (Å²) in [6, 6.07) is 8.55. The average molecular weight is 312 g/mol. The fraction of sp³-hybridized carbons (Fsp3) is 0. The number of benzene rings is 1. The molecule has 0 aliphatic carbocycles. The summed E-state index contributed by atoms with van der Waals surface area (Å²) < 4.78 is 0.836. The molecule has 0 aliphatic rings. The molecule has 5 heteroatoms. The van der Waals surface area contributed by atoms with E-state index in [1.807, 2.05) is 0 Å². The Kier molecular flexibility index (Phi) is 3.76. The summed E-state index contributed by atoms with van der Waals surface area (Å²) in [6.07, 6.45) is 3.22. The van der Waals surface area contributed by atoms with E-state index >= 15 is 0 Å². The first-order valence-corrected chi connectivity index (χ1v) is 6.00. The zero-order valence-electron chi connectivity index (χ0n) is 8.65. The fourth-order valence-corrected chi connectivity index (χ4v) is 2.07. The van der Waals surface area contributed by atoms with Crippen molar-refractivity contribution in [3.63, 3.8) is 0 Å². The first kappa shape index (κ1) is 12.1. The minimum Gasteiger partial charge on any atom is -0.322 e.